The van der Waals surface area contributed by atoms with Crippen molar-refractivity contribution < 1.29 is 18.8 Å². The van der Waals surface area contributed by atoms with Gasteiger partial charge in [0, 0.05) is 6.42 Å². The molecule has 15 heavy (non-hydrogen) atoms. The average molecular weight is 213 g/mol. The monoisotopic (exact) mass is 213 g/mol. The second-order valence-corrected chi connectivity index (χ2v) is 2.70. The first-order valence-corrected chi connectivity index (χ1v) is 4.19. The number of hydrogen-bond acceptors (Lipinski definition) is 4. The summed E-state index contributed by atoms with van der Waals surface area (Å²) in [4.78, 5) is 20.6. The standard InChI is InChI=1S/C9H8FNO4/c1-2-9(12)15-8-4-3-6(10)5-7(8)11(13)14/h3-5H,2H2,1H3. The zero-order valence-corrected chi connectivity index (χ0v) is 7.90. The number of carbonyl (C=O) groups excluding carboxylic acids is 1. The highest BCUT2D eigenvalue weighted by atomic mass is 19.1. The van der Waals surface area contributed by atoms with Crippen molar-refractivity contribution in [2.24, 2.45) is 0 Å². The molecular formula is C9H8FNO4. The van der Waals surface area contributed by atoms with Crippen LogP contribution in [0.25, 0.3) is 0 Å². The fourth-order valence-corrected chi connectivity index (χ4v) is 0.914. The highest BCUT2D eigenvalue weighted by molar-refractivity contribution is 5.73. The van der Waals surface area contributed by atoms with Crippen LogP contribution in [0.3, 0.4) is 0 Å². The molecule has 0 aliphatic heterocycles. The van der Waals surface area contributed by atoms with E-state index in [-0.39, 0.29) is 12.2 Å². The molecule has 0 aliphatic carbocycles. The third-order valence-electron chi connectivity index (χ3n) is 1.63. The molecule has 0 bridgehead atoms. The van der Waals surface area contributed by atoms with Crippen LogP contribution in [0.2, 0.25) is 0 Å². The SMILES string of the molecule is CCC(=O)Oc1ccc(F)cc1[N+](=O)[O-]. The largest absolute Gasteiger partial charge is 0.419 e. The van der Waals surface area contributed by atoms with Crippen molar-refractivity contribution in [2.45, 2.75) is 13.3 Å². The number of hydrogen-bond donors (Lipinski definition) is 0. The Bertz CT molecular complexity index is 405. The summed E-state index contributed by atoms with van der Waals surface area (Å²) in [5.74, 6) is -1.60. The van der Waals surface area contributed by atoms with E-state index in [1.165, 1.54) is 0 Å². The molecule has 0 spiro atoms. The summed E-state index contributed by atoms with van der Waals surface area (Å²) in [6, 6.07) is 2.75. The molecule has 0 saturated carbocycles. The molecule has 0 aromatic heterocycles. The molecule has 6 heteroatoms. The van der Waals surface area contributed by atoms with Crippen molar-refractivity contribution in [3.05, 3.63) is 34.1 Å². The highest BCUT2D eigenvalue weighted by Crippen LogP contribution is 2.27. The number of nitro benzene ring substituents is 1. The summed E-state index contributed by atoms with van der Waals surface area (Å²) >= 11 is 0. The van der Waals surface area contributed by atoms with Crippen LogP contribution in [0.5, 0.6) is 5.75 Å². The van der Waals surface area contributed by atoms with Gasteiger partial charge in [-0.05, 0) is 12.1 Å². The van der Waals surface area contributed by atoms with E-state index in [2.05, 4.69) is 4.74 Å². The van der Waals surface area contributed by atoms with E-state index in [9.17, 15) is 19.3 Å². The lowest BCUT2D eigenvalue weighted by Gasteiger charge is -2.02. The van der Waals surface area contributed by atoms with E-state index in [1.54, 1.807) is 6.92 Å². The van der Waals surface area contributed by atoms with Gasteiger partial charge in [-0.15, -0.1) is 0 Å². The zero-order chi connectivity index (χ0) is 11.4. The highest BCUT2D eigenvalue weighted by Gasteiger charge is 2.18. The van der Waals surface area contributed by atoms with Gasteiger partial charge < -0.3 is 4.74 Å². The van der Waals surface area contributed by atoms with E-state index in [0.717, 1.165) is 12.1 Å². The molecule has 0 unspecified atom stereocenters. The maximum atomic E-state index is 12.7. The Morgan fingerprint density at radius 3 is 2.80 bits per heavy atom. The van der Waals surface area contributed by atoms with Gasteiger partial charge in [0.25, 0.3) is 0 Å². The molecule has 0 N–H and O–H groups in total. The summed E-state index contributed by atoms with van der Waals surface area (Å²) in [6.07, 6.45) is 0.0918. The quantitative estimate of drug-likeness (QED) is 0.333. The van der Waals surface area contributed by atoms with Crippen molar-refractivity contribution in [3.63, 3.8) is 0 Å². The fraction of sp³-hybridized carbons (Fsp3) is 0.222. The van der Waals surface area contributed by atoms with E-state index < -0.39 is 22.4 Å². The first-order chi connectivity index (χ1) is 7.04. The van der Waals surface area contributed by atoms with Gasteiger partial charge in [-0.1, -0.05) is 6.92 Å². The summed E-state index contributed by atoms with van der Waals surface area (Å²) in [5, 5.41) is 10.5. The number of ether oxygens (including phenoxy) is 1. The van der Waals surface area contributed by atoms with Crippen molar-refractivity contribution in [2.75, 3.05) is 0 Å². The normalized spacial score (nSPS) is 9.73. The maximum Gasteiger partial charge on any atom is 0.314 e. The van der Waals surface area contributed by atoms with Crippen LogP contribution in [0.4, 0.5) is 10.1 Å². The van der Waals surface area contributed by atoms with Gasteiger partial charge in [0.2, 0.25) is 5.75 Å². The van der Waals surface area contributed by atoms with E-state index in [0.29, 0.717) is 6.07 Å². The van der Waals surface area contributed by atoms with Crippen molar-refractivity contribution in [1.29, 1.82) is 0 Å². The topological polar surface area (TPSA) is 69.4 Å². The molecule has 0 atom stereocenters. The van der Waals surface area contributed by atoms with Crippen LogP contribution >= 0.6 is 0 Å². The van der Waals surface area contributed by atoms with Crippen LogP contribution in [-0.2, 0) is 4.79 Å². The Labute approximate surface area is 84.6 Å². The number of carbonyl (C=O) groups is 1. The third kappa shape index (κ3) is 2.73. The molecule has 0 heterocycles. The average Bonchev–Trinajstić information content (AvgIpc) is 2.20. The Balaban J connectivity index is 3.06. The van der Waals surface area contributed by atoms with Crippen LogP contribution in [0, 0.1) is 15.9 Å². The second-order valence-electron chi connectivity index (χ2n) is 2.70. The fourth-order valence-electron chi connectivity index (χ4n) is 0.914. The van der Waals surface area contributed by atoms with E-state index in [1.807, 2.05) is 0 Å². The van der Waals surface area contributed by atoms with Crippen LogP contribution < -0.4 is 4.74 Å². The second kappa shape index (κ2) is 4.50. The summed E-state index contributed by atoms with van der Waals surface area (Å²) in [6.45, 7) is 1.55. The Morgan fingerprint density at radius 2 is 2.27 bits per heavy atom. The van der Waals surface area contributed by atoms with Gasteiger partial charge in [0.1, 0.15) is 5.82 Å². The Morgan fingerprint density at radius 1 is 1.60 bits per heavy atom. The van der Waals surface area contributed by atoms with Gasteiger partial charge in [-0.25, -0.2) is 4.39 Å². The molecule has 1 aromatic rings. The maximum absolute atomic E-state index is 12.7. The Hall–Kier alpha value is -1.98. The predicted molar refractivity (Wildman–Crippen MR) is 49.0 cm³/mol. The van der Waals surface area contributed by atoms with Gasteiger partial charge in [-0.2, -0.15) is 0 Å². The van der Waals surface area contributed by atoms with Crippen molar-refractivity contribution in [1.82, 2.24) is 0 Å². The summed E-state index contributed by atoms with van der Waals surface area (Å²) in [7, 11) is 0. The van der Waals surface area contributed by atoms with E-state index in [4.69, 9.17) is 0 Å². The van der Waals surface area contributed by atoms with Crippen molar-refractivity contribution in [3.8, 4) is 5.75 Å². The molecule has 1 rings (SSSR count). The zero-order valence-electron chi connectivity index (χ0n) is 7.90. The lowest BCUT2D eigenvalue weighted by atomic mass is 10.3. The van der Waals surface area contributed by atoms with Gasteiger partial charge in [0.05, 0.1) is 11.0 Å². The lowest BCUT2D eigenvalue weighted by Crippen LogP contribution is -2.07. The smallest absolute Gasteiger partial charge is 0.314 e. The van der Waals surface area contributed by atoms with Crippen molar-refractivity contribution >= 4 is 11.7 Å². The predicted octanol–water partition coefficient (Wildman–Crippen LogP) is 2.05. The molecule has 0 fully saturated rings. The number of nitrogens with zero attached hydrogens (tertiary/aromatic N) is 1. The van der Waals surface area contributed by atoms with E-state index >= 15 is 0 Å². The molecule has 80 valence electrons. The number of benzene rings is 1. The summed E-state index contributed by atoms with van der Waals surface area (Å²) in [5.41, 5.74) is -0.559. The molecule has 1 aromatic carbocycles. The van der Waals surface area contributed by atoms with Crippen LogP contribution in [0.15, 0.2) is 18.2 Å². The first kappa shape index (κ1) is 11.1. The third-order valence-corrected chi connectivity index (χ3v) is 1.63. The minimum Gasteiger partial charge on any atom is -0.419 e. The van der Waals surface area contributed by atoms with Crippen LogP contribution in [-0.4, -0.2) is 10.9 Å². The summed E-state index contributed by atoms with van der Waals surface area (Å²) < 4.78 is 17.3. The molecule has 0 saturated heterocycles. The van der Waals surface area contributed by atoms with Gasteiger partial charge >= 0.3 is 11.7 Å². The number of rotatable bonds is 3. The molecule has 0 amide bonds. The molecule has 0 radical (unpaired) electrons. The van der Waals surface area contributed by atoms with Gasteiger partial charge in [0.15, 0.2) is 0 Å². The minimum absolute atomic E-state index is 0.0918. The number of nitro groups is 1. The molecule has 0 aliphatic rings. The number of esters is 1. The number of halogens is 1. The Kier molecular flexibility index (Phi) is 3.33. The molecule has 5 nitrogen and oxygen atoms in total. The molecular weight excluding hydrogens is 205 g/mol. The van der Waals surface area contributed by atoms with Gasteiger partial charge in [-0.3, -0.25) is 14.9 Å². The lowest BCUT2D eigenvalue weighted by molar-refractivity contribution is -0.385. The van der Waals surface area contributed by atoms with Crippen LogP contribution in [0.1, 0.15) is 13.3 Å². The minimum atomic E-state index is -0.804. The first-order valence-electron chi connectivity index (χ1n) is 4.19.